The van der Waals surface area contributed by atoms with Crippen LogP contribution < -0.4 is 4.90 Å². The van der Waals surface area contributed by atoms with Crippen LogP contribution in [0.1, 0.15) is 12.8 Å². The summed E-state index contributed by atoms with van der Waals surface area (Å²) in [6.07, 6.45) is 2.75. The first kappa shape index (κ1) is 21.1. The van der Waals surface area contributed by atoms with Crippen LogP contribution in [0.2, 0.25) is 5.02 Å². The van der Waals surface area contributed by atoms with Gasteiger partial charge in [-0.1, -0.05) is 29.8 Å². The number of carbonyl (C=O) groups excluding carboxylic acids is 1. The second kappa shape index (κ2) is 8.91. The van der Waals surface area contributed by atoms with Gasteiger partial charge in [0.2, 0.25) is 15.9 Å². The Morgan fingerprint density at radius 2 is 1.60 bits per heavy atom. The number of benzene rings is 1. The maximum Gasteiger partial charge on any atom is 0.243 e. The Balaban J connectivity index is 1.30. The molecule has 160 valence electrons. The molecule has 0 unspecified atom stereocenters. The lowest BCUT2D eigenvalue weighted by molar-refractivity contribution is -0.137. The van der Waals surface area contributed by atoms with Crippen molar-refractivity contribution in [1.29, 1.82) is 0 Å². The van der Waals surface area contributed by atoms with Gasteiger partial charge in [0.25, 0.3) is 0 Å². The lowest BCUT2D eigenvalue weighted by Crippen LogP contribution is -2.52. The molecule has 2 fully saturated rings. The maximum absolute atomic E-state index is 13.0. The molecule has 1 aromatic heterocycles. The molecule has 2 aliphatic rings. The normalized spacial score (nSPS) is 19.1. The third kappa shape index (κ3) is 4.45. The highest BCUT2D eigenvalue weighted by molar-refractivity contribution is 7.89. The van der Waals surface area contributed by atoms with Gasteiger partial charge in [-0.25, -0.2) is 13.4 Å². The summed E-state index contributed by atoms with van der Waals surface area (Å²) in [7, 11) is -3.49. The van der Waals surface area contributed by atoms with Crippen LogP contribution in [-0.2, 0) is 14.8 Å². The molecule has 2 aromatic rings. The molecule has 3 heterocycles. The molecule has 0 saturated carbocycles. The first-order valence-corrected chi connectivity index (χ1v) is 12.0. The molecule has 1 amide bonds. The largest absolute Gasteiger partial charge is 0.353 e. The summed E-state index contributed by atoms with van der Waals surface area (Å²) in [5.41, 5.74) is 0. The molecule has 0 bridgehead atoms. The number of halogens is 1. The van der Waals surface area contributed by atoms with Crippen LogP contribution in [0.3, 0.4) is 0 Å². The predicted molar refractivity (Wildman–Crippen MR) is 116 cm³/mol. The number of pyridine rings is 1. The van der Waals surface area contributed by atoms with E-state index in [-0.39, 0.29) is 11.8 Å². The molecule has 9 heteroatoms. The molecular formula is C21H25ClN4O3S. The lowest BCUT2D eigenvalue weighted by atomic mass is 9.96. The topological polar surface area (TPSA) is 73.8 Å². The molecule has 1 aromatic carbocycles. The van der Waals surface area contributed by atoms with E-state index in [0.29, 0.717) is 48.9 Å². The Morgan fingerprint density at radius 1 is 0.933 bits per heavy atom. The van der Waals surface area contributed by atoms with Gasteiger partial charge in [-0.2, -0.15) is 4.31 Å². The van der Waals surface area contributed by atoms with Crippen molar-refractivity contribution in [3.63, 3.8) is 0 Å². The summed E-state index contributed by atoms with van der Waals surface area (Å²) >= 11 is 5.90. The number of anilines is 1. The average Bonchev–Trinajstić information content (AvgIpc) is 2.80. The summed E-state index contributed by atoms with van der Waals surface area (Å²) in [6.45, 7) is 3.49. The van der Waals surface area contributed by atoms with E-state index in [4.69, 9.17) is 11.6 Å². The van der Waals surface area contributed by atoms with Crippen molar-refractivity contribution in [3.8, 4) is 0 Å². The molecule has 4 rings (SSSR count). The summed E-state index contributed by atoms with van der Waals surface area (Å²) in [6, 6.07) is 12.2. The summed E-state index contributed by atoms with van der Waals surface area (Å²) < 4.78 is 27.0. The van der Waals surface area contributed by atoms with Crippen molar-refractivity contribution >= 4 is 33.3 Å². The van der Waals surface area contributed by atoms with Crippen LogP contribution in [0, 0.1) is 5.92 Å². The van der Waals surface area contributed by atoms with Crippen LogP contribution in [-0.4, -0.2) is 67.8 Å². The number of piperidine rings is 1. The minimum absolute atomic E-state index is 0.118. The molecule has 0 N–H and O–H groups in total. The molecule has 2 aliphatic heterocycles. The third-order valence-electron chi connectivity index (χ3n) is 5.81. The van der Waals surface area contributed by atoms with E-state index in [2.05, 4.69) is 9.88 Å². The molecule has 0 radical (unpaired) electrons. The number of hydrogen-bond acceptors (Lipinski definition) is 5. The summed E-state index contributed by atoms with van der Waals surface area (Å²) in [5, 5.41) is 0.605. The van der Waals surface area contributed by atoms with Crippen molar-refractivity contribution in [3.05, 3.63) is 53.7 Å². The molecule has 30 heavy (non-hydrogen) atoms. The number of aromatic nitrogens is 1. The molecular weight excluding hydrogens is 424 g/mol. The monoisotopic (exact) mass is 448 g/mol. The van der Waals surface area contributed by atoms with Crippen molar-refractivity contribution < 1.29 is 13.2 Å². The van der Waals surface area contributed by atoms with Gasteiger partial charge in [0.15, 0.2) is 0 Å². The average molecular weight is 449 g/mol. The van der Waals surface area contributed by atoms with Crippen molar-refractivity contribution in [2.24, 2.45) is 5.92 Å². The molecule has 7 nitrogen and oxygen atoms in total. The Labute approximate surface area is 182 Å². The molecule has 2 saturated heterocycles. The van der Waals surface area contributed by atoms with Gasteiger partial charge < -0.3 is 9.80 Å². The van der Waals surface area contributed by atoms with Gasteiger partial charge in [0, 0.05) is 51.4 Å². The minimum atomic E-state index is -3.49. The SMILES string of the molecule is O=C(C1CCN(S(=O)(=O)c2ccccc2)CC1)N1CCN(c2ccc(Cl)cn2)CC1. The summed E-state index contributed by atoms with van der Waals surface area (Å²) in [4.78, 5) is 21.7. The highest BCUT2D eigenvalue weighted by Gasteiger charge is 2.34. The van der Waals surface area contributed by atoms with Crippen LogP contribution in [0.5, 0.6) is 0 Å². The first-order valence-electron chi connectivity index (χ1n) is 10.2. The second-order valence-electron chi connectivity index (χ2n) is 7.64. The zero-order valence-corrected chi connectivity index (χ0v) is 18.2. The van der Waals surface area contributed by atoms with E-state index >= 15 is 0 Å². The standard InChI is InChI=1S/C21H25ClN4O3S/c22-18-6-7-20(23-16-18)24-12-14-25(15-13-24)21(27)17-8-10-26(11-9-17)30(28,29)19-4-2-1-3-5-19/h1-7,16-17H,8-15H2. The number of amides is 1. The van der Waals surface area contributed by atoms with E-state index in [1.807, 2.05) is 17.0 Å². The number of nitrogens with zero attached hydrogens (tertiary/aromatic N) is 4. The fourth-order valence-electron chi connectivity index (χ4n) is 4.05. The Hall–Kier alpha value is -2.16. The van der Waals surface area contributed by atoms with E-state index in [1.165, 1.54) is 4.31 Å². The highest BCUT2D eigenvalue weighted by Crippen LogP contribution is 2.26. The molecule has 0 spiro atoms. The third-order valence-corrected chi connectivity index (χ3v) is 7.95. The molecule has 0 aliphatic carbocycles. The highest BCUT2D eigenvalue weighted by atomic mass is 35.5. The zero-order valence-electron chi connectivity index (χ0n) is 16.7. The van der Waals surface area contributed by atoms with E-state index in [9.17, 15) is 13.2 Å². The number of piperazine rings is 1. The van der Waals surface area contributed by atoms with Gasteiger partial charge in [0.1, 0.15) is 5.82 Å². The Kier molecular flexibility index (Phi) is 6.26. The number of rotatable bonds is 4. The van der Waals surface area contributed by atoms with Crippen LogP contribution >= 0.6 is 11.6 Å². The van der Waals surface area contributed by atoms with Crippen LogP contribution in [0.4, 0.5) is 5.82 Å². The summed E-state index contributed by atoms with van der Waals surface area (Å²) in [5.74, 6) is 0.883. The molecule has 0 atom stereocenters. The van der Waals surface area contributed by atoms with Gasteiger partial charge in [-0.05, 0) is 37.1 Å². The van der Waals surface area contributed by atoms with Gasteiger partial charge in [-0.15, -0.1) is 0 Å². The zero-order chi connectivity index (χ0) is 21.1. The predicted octanol–water partition coefficient (Wildman–Crippen LogP) is 2.48. The lowest BCUT2D eigenvalue weighted by Gasteiger charge is -2.38. The fourth-order valence-corrected chi connectivity index (χ4v) is 5.66. The number of sulfonamides is 1. The van der Waals surface area contributed by atoms with Gasteiger partial charge in [-0.3, -0.25) is 4.79 Å². The number of carbonyl (C=O) groups is 1. The van der Waals surface area contributed by atoms with Crippen LogP contribution in [0.25, 0.3) is 0 Å². The minimum Gasteiger partial charge on any atom is -0.353 e. The van der Waals surface area contributed by atoms with E-state index in [0.717, 1.165) is 18.9 Å². The Morgan fingerprint density at radius 3 is 2.20 bits per heavy atom. The fraction of sp³-hybridized carbons (Fsp3) is 0.429. The van der Waals surface area contributed by atoms with E-state index in [1.54, 1.807) is 36.5 Å². The van der Waals surface area contributed by atoms with Crippen LogP contribution in [0.15, 0.2) is 53.6 Å². The van der Waals surface area contributed by atoms with Gasteiger partial charge in [0.05, 0.1) is 9.92 Å². The van der Waals surface area contributed by atoms with Crippen molar-refractivity contribution in [2.75, 3.05) is 44.2 Å². The van der Waals surface area contributed by atoms with Crippen molar-refractivity contribution in [1.82, 2.24) is 14.2 Å². The number of hydrogen-bond donors (Lipinski definition) is 0. The van der Waals surface area contributed by atoms with Crippen molar-refractivity contribution in [2.45, 2.75) is 17.7 Å². The van der Waals surface area contributed by atoms with Gasteiger partial charge >= 0.3 is 0 Å². The maximum atomic E-state index is 13.0. The Bertz CT molecular complexity index is 969. The smallest absolute Gasteiger partial charge is 0.243 e. The van der Waals surface area contributed by atoms with E-state index < -0.39 is 10.0 Å². The quantitative estimate of drug-likeness (QED) is 0.718. The second-order valence-corrected chi connectivity index (χ2v) is 10.0. The first-order chi connectivity index (χ1) is 14.4.